The van der Waals surface area contributed by atoms with E-state index >= 15 is 0 Å². The highest BCUT2D eigenvalue weighted by atomic mass is 19.1. The summed E-state index contributed by atoms with van der Waals surface area (Å²) in [6, 6.07) is 17.9. The SMILES string of the molecule is NC(=O)NCc1ccc(NC(=O)c2cccc(NC(=O)c3ccc(F)cc3)c2)cc1. The number of nitrogens with two attached hydrogens (primary N) is 1. The van der Waals surface area contributed by atoms with Crippen LogP contribution in [0.25, 0.3) is 0 Å². The van der Waals surface area contributed by atoms with Crippen molar-refractivity contribution >= 4 is 29.2 Å². The Balaban J connectivity index is 1.63. The maximum Gasteiger partial charge on any atom is 0.312 e. The number of primary amides is 1. The van der Waals surface area contributed by atoms with Gasteiger partial charge in [-0.25, -0.2) is 9.18 Å². The van der Waals surface area contributed by atoms with Crippen LogP contribution in [0.2, 0.25) is 0 Å². The number of carbonyl (C=O) groups is 3. The zero-order chi connectivity index (χ0) is 21.5. The average molecular weight is 406 g/mol. The number of anilines is 2. The van der Waals surface area contributed by atoms with Crippen LogP contribution in [0.4, 0.5) is 20.6 Å². The maximum atomic E-state index is 13.0. The lowest BCUT2D eigenvalue weighted by Gasteiger charge is -2.09. The van der Waals surface area contributed by atoms with E-state index in [4.69, 9.17) is 5.73 Å². The zero-order valence-corrected chi connectivity index (χ0v) is 15.8. The summed E-state index contributed by atoms with van der Waals surface area (Å²) in [5, 5.41) is 7.93. The number of urea groups is 1. The number of carbonyl (C=O) groups excluding carboxylic acids is 3. The van der Waals surface area contributed by atoms with E-state index in [1.807, 2.05) is 0 Å². The van der Waals surface area contributed by atoms with Crippen molar-refractivity contribution in [3.05, 3.63) is 95.3 Å². The first kappa shape index (κ1) is 20.5. The maximum absolute atomic E-state index is 13.0. The number of benzene rings is 3. The molecule has 3 aromatic rings. The van der Waals surface area contributed by atoms with Crippen molar-refractivity contribution in [1.29, 1.82) is 0 Å². The molecule has 0 saturated heterocycles. The number of rotatable bonds is 6. The molecule has 0 aliphatic rings. The van der Waals surface area contributed by atoms with Gasteiger partial charge >= 0.3 is 6.03 Å². The Morgan fingerprint density at radius 2 is 1.40 bits per heavy atom. The van der Waals surface area contributed by atoms with Crippen molar-refractivity contribution in [3.8, 4) is 0 Å². The van der Waals surface area contributed by atoms with Crippen LogP contribution in [0.15, 0.2) is 72.8 Å². The van der Waals surface area contributed by atoms with E-state index in [1.54, 1.807) is 48.5 Å². The molecule has 0 bridgehead atoms. The van der Waals surface area contributed by atoms with Gasteiger partial charge in [0, 0.05) is 29.0 Å². The molecule has 5 N–H and O–H groups in total. The molecule has 152 valence electrons. The van der Waals surface area contributed by atoms with Crippen LogP contribution in [0.5, 0.6) is 0 Å². The topological polar surface area (TPSA) is 113 Å². The molecule has 3 rings (SSSR count). The van der Waals surface area contributed by atoms with Gasteiger partial charge in [0.25, 0.3) is 11.8 Å². The smallest absolute Gasteiger partial charge is 0.312 e. The highest BCUT2D eigenvalue weighted by molar-refractivity contribution is 6.07. The van der Waals surface area contributed by atoms with Gasteiger partial charge in [0.2, 0.25) is 0 Å². The molecule has 0 spiro atoms. The monoisotopic (exact) mass is 406 g/mol. The summed E-state index contributed by atoms with van der Waals surface area (Å²) in [5.74, 6) is -1.19. The number of hydrogen-bond acceptors (Lipinski definition) is 3. The second-order valence-corrected chi connectivity index (χ2v) is 6.41. The van der Waals surface area contributed by atoms with Gasteiger partial charge in [0.05, 0.1) is 0 Å². The molecule has 0 aliphatic carbocycles. The normalized spacial score (nSPS) is 10.2. The molecule has 3 aromatic carbocycles. The Morgan fingerprint density at radius 1 is 0.767 bits per heavy atom. The van der Waals surface area contributed by atoms with Crippen LogP contribution < -0.4 is 21.7 Å². The van der Waals surface area contributed by atoms with Gasteiger partial charge in [-0.2, -0.15) is 0 Å². The molecule has 8 heteroatoms. The molecular formula is C22H19FN4O3. The largest absolute Gasteiger partial charge is 0.352 e. The van der Waals surface area contributed by atoms with Crippen LogP contribution in [-0.2, 0) is 6.54 Å². The fraction of sp³-hybridized carbons (Fsp3) is 0.0455. The minimum atomic E-state index is -0.612. The third-order valence-electron chi connectivity index (χ3n) is 4.17. The van der Waals surface area contributed by atoms with E-state index in [-0.39, 0.29) is 5.91 Å². The lowest BCUT2D eigenvalue weighted by Crippen LogP contribution is -2.28. The average Bonchev–Trinajstić information content (AvgIpc) is 2.74. The molecule has 0 atom stereocenters. The molecule has 0 radical (unpaired) electrons. The lowest BCUT2D eigenvalue weighted by molar-refractivity contribution is 0.101. The quantitative estimate of drug-likeness (QED) is 0.502. The first-order valence-electron chi connectivity index (χ1n) is 9.01. The molecule has 30 heavy (non-hydrogen) atoms. The molecule has 0 fully saturated rings. The van der Waals surface area contributed by atoms with Gasteiger partial charge in [-0.05, 0) is 60.2 Å². The fourth-order valence-electron chi connectivity index (χ4n) is 2.64. The first-order valence-corrected chi connectivity index (χ1v) is 9.01. The van der Waals surface area contributed by atoms with Crippen molar-refractivity contribution in [1.82, 2.24) is 5.32 Å². The summed E-state index contributed by atoms with van der Waals surface area (Å²) in [5.41, 5.74) is 7.53. The Morgan fingerprint density at radius 3 is 2.07 bits per heavy atom. The van der Waals surface area contributed by atoms with E-state index in [0.717, 1.165) is 5.56 Å². The second-order valence-electron chi connectivity index (χ2n) is 6.41. The highest BCUT2D eigenvalue weighted by Gasteiger charge is 2.10. The summed E-state index contributed by atoms with van der Waals surface area (Å²) in [6.45, 7) is 0.291. The van der Waals surface area contributed by atoms with Gasteiger partial charge in [-0.3, -0.25) is 9.59 Å². The molecule has 4 amide bonds. The summed E-state index contributed by atoms with van der Waals surface area (Å²) in [4.78, 5) is 35.5. The van der Waals surface area contributed by atoms with Gasteiger partial charge < -0.3 is 21.7 Å². The van der Waals surface area contributed by atoms with Crippen molar-refractivity contribution in [2.45, 2.75) is 6.54 Å². The Hall–Kier alpha value is -4.20. The van der Waals surface area contributed by atoms with Gasteiger partial charge in [0.1, 0.15) is 5.82 Å². The summed E-state index contributed by atoms with van der Waals surface area (Å²) >= 11 is 0. The summed E-state index contributed by atoms with van der Waals surface area (Å²) in [6.07, 6.45) is 0. The van der Waals surface area contributed by atoms with Gasteiger partial charge in [0.15, 0.2) is 0 Å². The Kier molecular flexibility index (Phi) is 6.39. The summed E-state index contributed by atoms with van der Waals surface area (Å²) < 4.78 is 13.0. The predicted octanol–water partition coefficient (Wildman–Crippen LogP) is 3.50. The third kappa shape index (κ3) is 5.65. The molecule has 0 saturated carbocycles. The lowest BCUT2D eigenvalue weighted by atomic mass is 10.1. The predicted molar refractivity (Wildman–Crippen MR) is 112 cm³/mol. The van der Waals surface area contributed by atoms with E-state index in [1.165, 1.54) is 24.3 Å². The Bertz CT molecular complexity index is 1070. The molecular weight excluding hydrogens is 387 g/mol. The molecule has 7 nitrogen and oxygen atoms in total. The van der Waals surface area contributed by atoms with Crippen LogP contribution in [-0.4, -0.2) is 17.8 Å². The third-order valence-corrected chi connectivity index (χ3v) is 4.17. The first-order chi connectivity index (χ1) is 14.4. The van der Waals surface area contributed by atoms with Crippen molar-refractivity contribution in [2.24, 2.45) is 5.73 Å². The van der Waals surface area contributed by atoms with E-state index < -0.39 is 17.8 Å². The zero-order valence-electron chi connectivity index (χ0n) is 15.8. The van der Waals surface area contributed by atoms with E-state index in [2.05, 4.69) is 16.0 Å². The Labute approximate surface area is 172 Å². The number of nitrogens with one attached hydrogen (secondary N) is 3. The van der Waals surface area contributed by atoms with Gasteiger partial charge in [-0.15, -0.1) is 0 Å². The van der Waals surface area contributed by atoms with E-state index in [9.17, 15) is 18.8 Å². The van der Waals surface area contributed by atoms with E-state index in [0.29, 0.717) is 29.0 Å². The number of halogens is 1. The molecule has 0 unspecified atom stereocenters. The highest BCUT2D eigenvalue weighted by Crippen LogP contribution is 2.16. The van der Waals surface area contributed by atoms with Gasteiger partial charge in [-0.1, -0.05) is 18.2 Å². The standard InChI is InChI=1S/C22H19FN4O3/c23-17-8-6-15(7-9-17)20(28)27-19-3-1-2-16(12-19)21(29)26-18-10-4-14(5-11-18)13-25-22(24)30/h1-12H,13H2,(H,26,29)(H,27,28)(H3,24,25,30). The number of hydrogen-bond donors (Lipinski definition) is 4. The minimum absolute atomic E-state index is 0.291. The van der Waals surface area contributed by atoms with Crippen LogP contribution >= 0.6 is 0 Å². The molecule has 0 aliphatic heterocycles. The summed E-state index contributed by atoms with van der Waals surface area (Å²) in [7, 11) is 0. The molecule has 0 heterocycles. The van der Waals surface area contributed by atoms with Crippen molar-refractivity contribution < 1.29 is 18.8 Å². The minimum Gasteiger partial charge on any atom is -0.352 e. The van der Waals surface area contributed by atoms with Crippen LogP contribution in [0, 0.1) is 5.82 Å². The fourth-order valence-corrected chi connectivity index (χ4v) is 2.64. The van der Waals surface area contributed by atoms with Crippen molar-refractivity contribution in [2.75, 3.05) is 10.6 Å². The second kappa shape index (κ2) is 9.33. The molecule has 0 aromatic heterocycles. The number of amides is 4. The van der Waals surface area contributed by atoms with Crippen LogP contribution in [0.3, 0.4) is 0 Å². The van der Waals surface area contributed by atoms with Crippen LogP contribution in [0.1, 0.15) is 26.3 Å². The van der Waals surface area contributed by atoms with Crippen molar-refractivity contribution in [3.63, 3.8) is 0 Å².